The van der Waals surface area contributed by atoms with Crippen molar-refractivity contribution < 1.29 is 9.53 Å². The summed E-state index contributed by atoms with van der Waals surface area (Å²) in [6.45, 7) is 0. The summed E-state index contributed by atoms with van der Waals surface area (Å²) in [5.41, 5.74) is 0.884. The van der Waals surface area contributed by atoms with Crippen LogP contribution in [-0.4, -0.2) is 13.4 Å². The highest BCUT2D eigenvalue weighted by atomic mass is 35.5. The fraction of sp³-hybridized carbons (Fsp3) is 0.182. The van der Waals surface area contributed by atoms with E-state index in [0.717, 1.165) is 17.6 Å². The summed E-state index contributed by atoms with van der Waals surface area (Å²) in [7, 11) is 1.59. The van der Waals surface area contributed by atoms with E-state index in [-0.39, 0.29) is 0 Å². The van der Waals surface area contributed by atoms with Gasteiger partial charge in [0.05, 0.1) is 12.1 Å². The number of ether oxygens (including phenoxy) is 1. The molecule has 14 heavy (non-hydrogen) atoms. The molecule has 0 amide bonds. The van der Waals surface area contributed by atoms with E-state index in [2.05, 4.69) is 0 Å². The molecule has 0 unspecified atom stereocenters. The molecule has 0 aromatic heterocycles. The third kappa shape index (κ3) is 2.89. The summed E-state index contributed by atoms with van der Waals surface area (Å²) in [4.78, 5) is 10.1. The van der Waals surface area contributed by atoms with Crippen molar-refractivity contribution >= 4 is 24.0 Å². The molecule has 0 heterocycles. The van der Waals surface area contributed by atoms with Crippen molar-refractivity contribution in [2.75, 3.05) is 7.11 Å². The summed E-state index contributed by atoms with van der Waals surface area (Å²) >= 11 is 5.97. The van der Waals surface area contributed by atoms with Gasteiger partial charge in [-0.2, -0.15) is 0 Å². The maximum absolute atomic E-state index is 10.1. The molecule has 0 radical (unpaired) electrons. The quantitative estimate of drug-likeness (QED) is 0.715. The average Bonchev–Trinajstić information content (AvgIpc) is 2.20. The number of hydrogen-bond acceptors (Lipinski definition) is 2. The van der Waals surface area contributed by atoms with Gasteiger partial charge >= 0.3 is 0 Å². The first-order chi connectivity index (χ1) is 6.77. The third-order valence-corrected chi connectivity index (χ3v) is 2.06. The first-order valence-corrected chi connectivity index (χ1v) is 4.59. The zero-order chi connectivity index (χ0) is 10.4. The number of allylic oxidation sites excluding steroid dienone is 1. The fourth-order valence-corrected chi connectivity index (χ4v) is 1.25. The van der Waals surface area contributed by atoms with Crippen LogP contribution < -0.4 is 4.74 Å². The van der Waals surface area contributed by atoms with Crippen molar-refractivity contribution in [3.05, 3.63) is 34.9 Å². The molecule has 74 valence electrons. The van der Waals surface area contributed by atoms with Gasteiger partial charge in [0.15, 0.2) is 0 Å². The Morgan fingerprint density at radius 3 is 2.86 bits per heavy atom. The third-order valence-electron chi connectivity index (χ3n) is 1.74. The molecule has 2 nitrogen and oxygen atoms in total. The van der Waals surface area contributed by atoms with Gasteiger partial charge in [-0.1, -0.05) is 23.8 Å². The second-order valence-corrected chi connectivity index (χ2v) is 3.10. The minimum absolute atomic E-state index is 0.405. The zero-order valence-electron chi connectivity index (χ0n) is 7.87. The largest absolute Gasteiger partial charge is 0.497 e. The number of aldehydes is 1. The Hall–Kier alpha value is -1.28. The summed E-state index contributed by atoms with van der Waals surface area (Å²) < 4.78 is 5.01. The van der Waals surface area contributed by atoms with Gasteiger partial charge in [0.1, 0.15) is 12.0 Å². The number of rotatable bonds is 4. The summed E-state index contributed by atoms with van der Waals surface area (Å²) in [5.74, 6) is 0.725. The first kappa shape index (κ1) is 10.8. The highest BCUT2D eigenvalue weighted by molar-refractivity contribution is 6.32. The Morgan fingerprint density at radius 2 is 2.29 bits per heavy atom. The Balaban J connectivity index is 2.83. The Kier molecular flexibility index (Phi) is 4.20. The molecule has 0 spiro atoms. The highest BCUT2D eigenvalue weighted by Gasteiger charge is 1.98. The van der Waals surface area contributed by atoms with Crippen molar-refractivity contribution in [1.29, 1.82) is 0 Å². The van der Waals surface area contributed by atoms with Gasteiger partial charge in [-0.05, 0) is 23.8 Å². The van der Waals surface area contributed by atoms with E-state index in [0.29, 0.717) is 11.4 Å². The standard InChI is InChI=1S/C11H11ClO2/c1-14-10-6-5-9(11(12)8-10)4-2-3-7-13/h2,4-8H,3H2,1H3. The lowest BCUT2D eigenvalue weighted by Gasteiger charge is -2.02. The van der Waals surface area contributed by atoms with Crippen molar-refractivity contribution in [2.24, 2.45) is 0 Å². The van der Waals surface area contributed by atoms with E-state index in [9.17, 15) is 4.79 Å². The van der Waals surface area contributed by atoms with Gasteiger partial charge in [0.25, 0.3) is 0 Å². The van der Waals surface area contributed by atoms with E-state index in [1.54, 1.807) is 19.3 Å². The van der Waals surface area contributed by atoms with Crippen molar-refractivity contribution in [2.45, 2.75) is 6.42 Å². The van der Waals surface area contributed by atoms with Crippen LogP contribution in [0.1, 0.15) is 12.0 Å². The number of benzene rings is 1. The molecule has 0 aliphatic rings. The van der Waals surface area contributed by atoms with Crippen LogP contribution in [0.2, 0.25) is 5.02 Å². The molecule has 1 aromatic carbocycles. The molecule has 1 aromatic rings. The Bertz CT molecular complexity index is 345. The summed E-state index contributed by atoms with van der Waals surface area (Å²) in [5, 5.41) is 0.617. The van der Waals surface area contributed by atoms with E-state index >= 15 is 0 Å². The second kappa shape index (κ2) is 5.45. The molecule has 0 aliphatic carbocycles. The maximum atomic E-state index is 10.1. The molecular weight excluding hydrogens is 200 g/mol. The molecule has 1 rings (SSSR count). The first-order valence-electron chi connectivity index (χ1n) is 4.21. The van der Waals surface area contributed by atoms with Crippen LogP contribution in [0.5, 0.6) is 5.75 Å². The molecule has 0 saturated carbocycles. The molecule has 3 heteroatoms. The van der Waals surface area contributed by atoms with Gasteiger partial charge < -0.3 is 9.53 Å². The molecule has 0 fully saturated rings. The lowest BCUT2D eigenvalue weighted by Crippen LogP contribution is -1.83. The van der Waals surface area contributed by atoms with Crippen molar-refractivity contribution in [1.82, 2.24) is 0 Å². The zero-order valence-corrected chi connectivity index (χ0v) is 8.62. The van der Waals surface area contributed by atoms with Crippen molar-refractivity contribution in [3.63, 3.8) is 0 Å². The average molecular weight is 211 g/mol. The van der Waals surface area contributed by atoms with E-state index in [1.165, 1.54) is 0 Å². The number of carbonyl (C=O) groups is 1. The number of hydrogen-bond donors (Lipinski definition) is 0. The SMILES string of the molecule is COc1ccc(C=CCC=O)c(Cl)c1. The number of carbonyl (C=O) groups excluding carboxylic acids is 1. The Labute approximate surface area is 88.1 Å². The van der Waals surface area contributed by atoms with E-state index in [1.807, 2.05) is 18.2 Å². The van der Waals surface area contributed by atoms with Gasteiger partial charge in [0.2, 0.25) is 0 Å². The van der Waals surface area contributed by atoms with Crippen molar-refractivity contribution in [3.8, 4) is 5.75 Å². The molecule has 0 aliphatic heterocycles. The maximum Gasteiger partial charge on any atom is 0.123 e. The van der Waals surface area contributed by atoms with Gasteiger partial charge in [-0.15, -0.1) is 0 Å². The van der Waals surface area contributed by atoms with Crippen LogP contribution in [-0.2, 0) is 4.79 Å². The monoisotopic (exact) mass is 210 g/mol. The molecule has 0 N–H and O–H groups in total. The topological polar surface area (TPSA) is 26.3 Å². The molecule has 0 atom stereocenters. The van der Waals surface area contributed by atoms with Crippen LogP contribution in [0.15, 0.2) is 24.3 Å². The predicted octanol–water partition coefficient (Wildman–Crippen LogP) is 2.95. The lowest BCUT2D eigenvalue weighted by atomic mass is 10.2. The van der Waals surface area contributed by atoms with Crippen LogP contribution in [0.4, 0.5) is 0 Å². The fourth-order valence-electron chi connectivity index (χ4n) is 1.02. The van der Waals surface area contributed by atoms with E-state index in [4.69, 9.17) is 16.3 Å². The Morgan fingerprint density at radius 1 is 1.50 bits per heavy atom. The second-order valence-electron chi connectivity index (χ2n) is 2.69. The van der Waals surface area contributed by atoms with Crippen LogP contribution in [0.25, 0.3) is 6.08 Å². The highest BCUT2D eigenvalue weighted by Crippen LogP contribution is 2.23. The number of methoxy groups -OCH3 is 1. The van der Waals surface area contributed by atoms with Crippen LogP contribution >= 0.6 is 11.6 Å². The molecular formula is C11H11ClO2. The smallest absolute Gasteiger partial charge is 0.123 e. The van der Waals surface area contributed by atoms with Gasteiger partial charge in [0, 0.05) is 6.42 Å². The summed E-state index contributed by atoms with van der Waals surface area (Å²) in [6.07, 6.45) is 4.83. The van der Waals surface area contributed by atoms with E-state index < -0.39 is 0 Å². The molecule has 0 bridgehead atoms. The minimum Gasteiger partial charge on any atom is -0.497 e. The van der Waals surface area contributed by atoms with Gasteiger partial charge in [-0.3, -0.25) is 0 Å². The normalized spacial score (nSPS) is 10.4. The number of halogens is 1. The minimum atomic E-state index is 0.405. The van der Waals surface area contributed by atoms with Gasteiger partial charge in [-0.25, -0.2) is 0 Å². The predicted molar refractivity (Wildman–Crippen MR) is 57.7 cm³/mol. The summed E-state index contributed by atoms with van der Waals surface area (Å²) in [6, 6.07) is 5.41. The lowest BCUT2D eigenvalue weighted by molar-refractivity contribution is -0.107. The molecule has 0 saturated heterocycles. The van der Waals surface area contributed by atoms with Crippen LogP contribution in [0, 0.1) is 0 Å². The van der Waals surface area contributed by atoms with Crippen LogP contribution in [0.3, 0.4) is 0 Å².